The van der Waals surface area contributed by atoms with E-state index in [1.807, 2.05) is 12.1 Å². The number of hydrogen-bond donors (Lipinski definition) is 2. The molecule has 0 saturated heterocycles. The highest BCUT2D eigenvalue weighted by molar-refractivity contribution is 9.10. The van der Waals surface area contributed by atoms with Gasteiger partial charge in [0.2, 0.25) is 0 Å². The number of rotatable bonds is 6. The summed E-state index contributed by atoms with van der Waals surface area (Å²) in [5.41, 5.74) is 6.93. The van der Waals surface area contributed by atoms with E-state index < -0.39 is 0 Å². The van der Waals surface area contributed by atoms with E-state index in [2.05, 4.69) is 41.2 Å². The number of nitrogens with one attached hydrogen (secondary N) is 1. The summed E-state index contributed by atoms with van der Waals surface area (Å²) >= 11 is 3.48. The average molecular weight is 301 g/mol. The number of ether oxygens (including phenoxy) is 1. The zero-order chi connectivity index (χ0) is 12.8. The molecule has 0 fully saturated rings. The first kappa shape index (κ1) is 14.5. The topological polar surface area (TPSA) is 47.3 Å². The Hall–Kier alpha value is -0.580. The lowest BCUT2D eigenvalue weighted by Crippen LogP contribution is -2.31. The Morgan fingerprint density at radius 2 is 2.12 bits per heavy atom. The first-order chi connectivity index (χ1) is 8.08. The van der Waals surface area contributed by atoms with E-state index in [1.54, 1.807) is 7.11 Å². The van der Waals surface area contributed by atoms with Gasteiger partial charge in [0, 0.05) is 22.6 Å². The van der Waals surface area contributed by atoms with Gasteiger partial charge in [-0.25, -0.2) is 0 Å². The Labute approximate surface area is 112 Å². The van der Waals surface area contributed by atoms with Crippen molar-refractivity contribution in [2.24, 2.45) is 11.7 Å². The van der Waals surface area contributed by atoms with Gasteiger partial charge in [-0.3, -0.25) is 0 Å². The van der Waals surface area contributed by atoms with E-state index in [1.165, 1.54) is 0 Å². The summed E-state index contributed by atoms with van der Waals surface area (Å²) in [6.45, 7) is 5.86. The summed E-state index contributed by atoms with van der Waals surface area (Å²) in [7, 11) is 1.68. The molecule has 1 rings (SSSR count). The Morgan fingerprint density at radius 1 is 1.41 bits per heavy atom. The maximum absolute atomic E-state index is 5.83. The summed E-state index contributed by atoms with van der Waals surface area (Å²) in [5, 5.41) is 3.46. The van der Waals surface area contributed by atoms with Crippen LogP contribution in [0.1, 0.15) is 25.5 Å². The fraction of sp³-hybridized carbons (Fsp3) is 0.538. The second-order valence-corrected chi connectivity index (χ2v) is 5.39. The molecule has 0 spiro atoms. The van der Waals surface area contributed by atoms with Crippen LogP contribution in [-0.2, 0) is 0 Å². The van der Waals surface area contributed by atoms with Gasteiger partial charge in [-0.15, -0.1) is 0 Å². The van der Waals surface area contributed by atoms with Crippen molar-refractivity contribution in [1.29, 1.82) is 0 Å². The van der Waals surface area contributed by atoms with Gasteiger partial charge >= 0.3 is 0 Å². The second kappa shape index (κ2) is 6.99. The SMILES string of the molecule is COc1ccc(Br)cc1C(CN)NCC(C)C. The lowest BCUT2D eigenvalue weighted by molar-refractivity contribution is 0.395. The molecule has 0 aliphatic heterocycles. The minimum absolute atomic E-state index is 0.129. The number of hydrogen-bond acceptors (Lipinski definition) is 3. The van der Waals surface area contributed by atoms with Gasteiger partial charge in [-0.05, 0) is 30.7 Å². The predicted molar refractivity (Wildman–Crippen MR) is 75.3 cm³/mol. The van der Waals surface area contributed by atoms with Crippen LogP contribution < -0.4 is 15.8 Å². The maximum Gasteiger partial charge on any atom is 0.123 e. The number of benzene rings is 1. The monoisotopic (exact) mass is 300 g/mol. The van der Waals surface area contributed by atoms with Crippen molar-refractivity contribution in [1.82, 2.24) is 5.32 Å². The molecule has 0 bridgehead atoms. The fourth-order valence-electron chi connectivity index (χ4n) is 1.68. The van der Waals surface area contributed by atoms with E-state index in [4.69, 9.17) is 10.5 Å². The molecule has 0 saturated carbocycles. The third-order valence-corrected chi connectivity index (χ3v) is 3.07. The number of nitrogens with two attached hydrogens (primary N) is 1. The van der Waals surface area contributed by atoms with Crippen LogP contribution in [0.2, 0.25) is 0 Å². The molecule has 1 aromatic carbocycles. The third kappa shape index (κ3) is 4.30. The van der Waals surface area contributed by atoms with Crippen LogP contribution in [0.15, 0.2) is 22.7 Å². The first-order valence-corrected chi connectivity index (χ1v) is 6.64. The highest BCUT2D eigenvalue weighted by Crippen LogP contribution is 2.28. The van der Waals surface area contributed by atoms with Crippen LogP contribution in [0.25, 0.3) is 0 Å². The zero-order valence-electron chi connectivity index (χ0n) is 10.7. The molecule has 96 valence electrons. The molecule has 0 radical (unpaired) electrons. The number of methoxy groups -OCH3 is 1. The molecule has 1 unspecified atom stereocenters. The van der Waals surface area contributed by atoms with Gasteiger partial charge in [0.05, 0.1) is 7.11 Å². The zero-order valence-corrected chi connectivity index (χ0v) is 12.3. The lowest BCUT2D eigenvalue weighted by Gasteiger charge is -2.21. The molecule has 1 aromatic rings. The summed E-state index contributed by atoms with van der Waals surface area (Å²) in [6.07, 6.45) is 0. The van der Waals surface area contributed by atoms with Crippen LogP contribution >= 0.6 is 15.9 Å². The van der Waals surface area contributed by atoms with Gasteiger partial charge in [-0.1, -0.05) is 29.8 Å². The molecule has 4 heteroatoms. The van der Waals surface area contributed by atoms with E-state index in [0.717, 1.165) is 22.3 Å². The highest BCUT2D eigenvalue weighted by atomic mass is 79.9. The Bertz CT molecular complexity index is 355. The van der Waals surface area contributed by atoms with Gasteiger partial charge in [0.25, 0.3) is 0 Å². The van der Waals surface area contributed by atoms with Gasteiger partial charge in [0.1, 0.15) is 5.75 Å². The average Bonchev–Trinajstić information content (AvgIpc) is 2.30. The largest absolute Gasteiger partial charge is 0.496 e. The van der Waals surface area contributed by atoms with E-state index in [9.17, 15) is 0 Å². The molecule has 0 amide bonds. The molecular formula is C13H21BrN2O. The molecule has 0 aromatic heterocycles. The molecule has 0 heterocycles. The van der Waals surface area contributed by atoms with Crippen molar-refractivity contribution in [3.8, 4) is 5.75 Å². The Morgan fingerprint density at radius 3 is 2.65 bits per heavy atom. The minimum Gasteiger partial charge on any atom is -0.496 e. The molecule has 3 nitrogen and oxygen atoms in total. The molecular weight excluding hydrogens is 280 g/mol. The van der Waals surface area contributed by atoms with Crippen LogP contribution in [0.5, 0.6) is 5.75 Å². The Balaban J connectivity index is 2.89. The Kier molecular flexibility index (Phi) is 5.95. The molecule has 0 aliphatic carbocycles. The van der Waals surface area contributed by atoms with Crippen molar-refractivity contribution < 1.29 is 4.74 Å². The van der Waals surface area contributed by atoms with E-state index in [-0.39, 0.29) is 6.04 Å². The predicted octanol–water partition coefficient (Wildman–Crippen LogP) is 2.70. The second-order valence-electron chi connectivity index (χ2n) is 4.48. The third-order valence-electron chi connectivity index (χ3n) is 2.58. The molecule has 1 atom stereocenters. The van der Waals surface area contributed by atoms with Crippen molar-refractivity contribution in [3.05, 3.63) is 28.2 Å². The van der Waals surface area contributed by atoms with Crippen molar-refractivity contribution in [2.75, 3.05) is 20.2 Å². The van der Waals surface area contributed by atoms with Crippen molar-refractivity contribution >= 4 is 15.9 Å². The summed E-state index contributed by atoms with van der Waals surface area (Å²) in [4.78, 5) is 0. The van der Waals surface area contributed by atoms with Gasteiger partial charge in [-0.2, -0.15) is 0 Å². The normalized spacial score (nSPS) is 12.8. The standard InChI is InChI=1S/C13H21BrN2O/c1-9(2)8-16-12(7-15)11-6-10(14)4-5-13(11)17-3/h4-6,9,12,16H,7-8,15H2,1-3H3. The van der Waals surface area contributed by atoms with E-state index in [0.29, 0.717) is 12.5 Å². The van der Waals surface area contributed by atoms with Crippen LogP contribution in [0.3, 0.4) is 0 Å². The van der Waals surface area contributed by atoms with Gasteiger partial charge < -0.3 is 15.8 Å². The van der Waals surface area contributed by atoms with Crippen LogP contribution in [0.4, 0.5) is 0 Å². The summed E-state index contributed by atoms with van der Waals surface area (Å²) in [5.74, 6) is 1.47. The maximum atomic E-state index is 5.83. The van der Waals surface area contributed by atoms with Crippen molar-refractivity contribution in [2.45, 2.75) is 19.9 Å². The molecule has 3 N–H and O–H groups in total. The fourth-order valence-corrected chi connectivity index (χ4v) is 2.05. The molecule has 17 heavy (non-hydrogen) atoms. The molecule has 0 aliphatic rings. The van der Waals surface area contributed by atoms with Crippen LogP contribution in [-0.4, -0.2) is 20.2 Å². The summed E-state index contributed by atoms with van der Waals surface area (Å²) in [6, 6.07) is 6.12. The van der Waals surface area contributed by atoms with Crippen LogP contribution in [0, 0.1) is 5.92 Å². The smallest absolute Gasteiger partial charge is 0.123 e. The van der Waals surface area contributed by atoms with Gasteiger partial charge in [0.15, 0.2) is 0 Å². The van der Waals surface area contributed by atoms with Crippen molar-refractivity contribution in [3.63, 3.8) is 0 Å². The lowest BCUT2D eigenvalue weighted by atomic mass is 10.0. The number of halogens is 1. The summed E-state index contributed by atoms with van der Waals surface area (Å²) < 4.78 is 6.41. The van der Waals surface area contributed by atoms with E-state index >= 15 is 0 Å². The quantitative estimate of drug-likeness (QED) is 0.849. The minimum atomic E-state index is 0.129. The highest BCUT2D eigenvalue weighted by Gasteiger charge is 2.14. The first-order valence-electron chi connectivity index (χ1n) is 5.85.